The van der Waals surface area contributed by atoms with Crippen molar-refractivity contribution >= 4 is 5.97 Å². The molecule has 8 heavy (non-hydrogen) atoms. The first kappa shape index (κ1) is 10.1. The van der Waals surface area contributed by atoms with Crippen LogP contribution in [0.1, 0.15) is 6.92 Å². The fourth-order valence-corrected chi connectivity index (χ4v) is 0.195. The van der Waals surface area contributed by atoms with E-state index in [0.29, 0.717) is 5.70 Å². The molecule has 0 amide bonds. The quantitative estimate of drug-likeness (QED) is 0.425. The Bertz CT molecular complexity index is 105. The molecule has 0 bridgehead atoms. The highest BCUT2D eigenvalue weighted by Crippen LogP contribution is 1.75. The molecule has 0 aliphatic heterocycles. The Morgan fingerprint density at radius 3 is 2.12 bits per heavy atom. The smallest absolute Gasteiger partial charge is 0.330 e. The molecule has 0 spiro atoms. The van der Waals surface area contributed by atoms with E-state index >= 15 is 0 Å². The molecule has 4 nitrogen and oxygen atoms in total. The predicted molar refractivity (Wildman–Crippen MR) is 30.6 cm³/mol. The monoisotopic (exact) mass is 118 g/mol. The average molecular weight is 118 g/mol. The van der Waals surface area contributed by atoms with Gasteiger partial charge in [-0.05, 0) is 6.92 Å². The van der Waals surface area contributed by atoms with Crippen molar-refractivity contribution in [3.63, 3.8) is 0 Å². The van der Waals surface area contributed by atoms with Gasteiger partial charge in [-0.25, -0.2) is 4.79 Å². The van der Waals surface area contributed by atoms with Crippen LogP contribution in [-0.4, -0.2) is 11.1 Å². The van der Waals surface area contributed by atoms with Gasteiger partial charge in [0.15, 0.2) is 0 Å². The van der Waals surface area contributed by atoms with Gasteiger partial charge in [-0.1, -0.05) is 0 Å². The summed E-state index contributed by atoms with van der Waals surface area (Å²) >= 11 is 0. The molecule has 0 aromatic heterocycles. The molecule has 0 aliphatic carbocycles. The molecule has 0 unspecified atom stereocenters. The summed E-state index contributed by atoms with van der Waals surface area (Å²) in [5.41, 5.74) is 5.29. The summed E-state index contributed by atoms with van der Waals surface area (Å²) in [6.45, 7) is 1.52. The van der Waals surface area contributed by atoms with Crippen molar-refractivity contribution in [2.24, 2.45) is 5.73 Å². The molecule has 0 saturated carbocycles. The SMILES string of the molecule is C/C(N)=C/C(=O)O.N. The van der Waals surface area contributed by atoms with E-state index in [1.807, 2.05) is 0 Å². The van der Waals surface area contributed by atoms with Gasteiger partial charge in [0.1, 0.15) is 0 Å². The lowest BCUT2D eigenvalue weighted by Gasteiger charge is -1.81. The lowest BCUT2D eigenvalue weighted by molar-refractivity contribution is -0.131. The molecule has 0 atom stereocenters. The van der Waals surface area contributed by atoms with Gasteiger partial charge in [-0.2, -0.15) is 0 Å². The van der Waals surface area contributed by atoms with Gasteiger partial charge in [0.05, 0.1) is 0 Å². The molecular weight excluding hydrogens is 108 g/mol. The van der Waals surface area contributed by atoms with Crippen molar-refractivity contribution in [3.8, 4) is 0 Å². The molecule has 0 aromatic rings. The summed E-state index contributed by atoms with van der Waals surface area (Å²) in [4.78, 5) is 9.65. The van der Waals surface area contributed by atoms with Gasteiger partial charge >= 0.3 is 5.97 Å². The molecule has 0 rings (SSSR count). The van der Waals surface area contributed by atoms with E-state index in [9.17, 15) is 4.79 Å². The highest BCUT2D eigenvalue weighted by atomic mass is 16.4. The minimum atomic E-state index is -1.000. The Hall–Kier alpha value is -1.03. The number of carbonyl (C=O) groups is 1. The second kappa shape index (κ2) is 4.14. The summed E-state index contributed by atoms with van der Waals surface area (Å²) in [7, 11) is 0. The molecule has 0 heterocycles. The number of hydrogen-bond acceptors (Lipinski definition) is 3. The molecule has 0 radical (unpaired) electrons. The number of allylic oxidation sites excluding steroid dienone is 1. The Morgan fingerprint density at radius 2 is 2.12 bits per heavy atom. The van der Waals surface area contributed by atoms with E-state index in [1.54, 1.807) is 0 Å². The Morgan fingerprint density at radius 1 is 1.75 bits per heavy atom. The van der Waals surface area contributed by atoms with Crippen molar-refractivity contribution in [2.75, 3.05) is 0 Å². The number of nitrogens with two attached hydrogens (primary N) is 1. The Balaban J connectivity index is 0. The number of carboxylic acids is 1. The number of aliphatic carboxylic acids is 1. The summed E-state index contributed by atoms with van der Waals surface area (Å²) < 4.78 is 0. The van der Waals surface area contributed by atoms with Crippen molar-refractivity contribution < 1.29 is 9.90 Å². The van der Waals surface area contributed by atoms with Gasteiger partial charge in [0, 0.05) is 11.8 Å². The van der Waals surface area contributed by atoms with Crippen molar-refractivity contribution in [2.45, 2.75) is 6.92 Å². The van der Waals surface area contributed by atoms with Crippen molar-refractivity contribution in [1.82, 2.24) is 6.15 Å². The molecule has 48 valence electrons. The maximum Gasteiger partial charge on any atom is 0.330 e. The van der Waals surface area contributed by atoms with Crippen LogP contribution in [0.25, 0.3) is 0 Å². The fraction of sp³-hybridized carbons (Fsp3) is 0.250. The minimum absolute atomic E-state index is 0. The second-order valence-electron chi connectivity index (χ2n) is 1.23. The summed E-state index contributed by atoms with van der Waals surface area (Å²) in [6, 6.07) is 0. The molecule has 0 aliphatic rings. The summed E-state index contributed by atoms with van der Waals surface area (Å²) in [5, 5.41) is 7.93. The van der Waals surface area contributed by atoms with Crippen LogP contribution in [-0.2, 0) is 4.79 Å². The Kier molecular flexibility index (Phi) is 5.20. The van der Waals surface area contributed by atoms with E-state index in [0.717, 1.165) is 6.08 Å². The zero-order chi connectivity index (χ0) is 5.86. The fourth-order valence-electron chi connectivity index (χ4n) is 0.195. The highest BCUT2D eigenvalue weighted by molar-refractivity contribution is 5.80. The average Bonchev–Trinajstić information content (AvgIpc) is 1.27. The van der Waals surface area contributed by atoms with Crippen LogP contribution in [0.2, 0.25) is 0 Å². The van der Waals surface area contributed by atoms with E-state index in [-0.39, 0.29) is 6.15 Å². The topological polar surface area (TPSA) is 98.3 Å². The highest BCUT2D eigenvalue weighted by Gasteiger charge is 1.84. The molecule has 4 heteroatoms. The summed E-state index contributed by atoms with van der Waals surface area (Å²) in [5.74, 6) is -1.000. The largest absolute Gasteiger partial charge is 0.478 e. The first-order valence-electron chi connectivity index (χ1n) is 1.79. The Labute approximate surface area is 47.6 Å². The van der Waals surface area contributed by atoms with Crippen LogP contribution in [0.4, 0.5) is 0 Å². The maximum absolute atomic E-state index is 9.65. The van der Waals surface area contributed by atoms with Crippen LogP contribution >= 0.6 is 0 Å². The molecule has 0 saturated heterocycles. The number of hydrogen-bond donors (Lipinski definition) is 3. The normalized spacial score (nSPS) is 9.88. The van der Waals surface area contributed by atoms with E-state index in [1.165, 1.54) is 6.92 Å². The zero-order valence-electron chi connectivity index (χ0n) is 4.72. The third kappa shape index (κ3) is 8.88. The molecular formula is C4H10N2O2. The lowest BCUT2D eigenvalue weighted by Crippen LogP contribution is -1.96. The van der Waals surface area contributed by atoms with Gasteiger partial charge in [0.2, 0.25) is 0 Å². The van der Waals surface area contributed by atoms with Crippen LogP contribution in [0.15, 0.2) is 11.8 Å². The van der Waals surface area contributed by atoms with Gasteiger partial charge in [0.25, 0.3) is 0 Å². The van der Waals surface area contributed by atoms with Crippen LogP contribution in [0, 0.1) is 0 Å². The third-order valence-corrected chi connectivity index (χ3v) is 0.351. The van der Waals surface area contributed by atoms with Crippen LogP contribution in [0.3, 0.4) is 0 Å². The minimum Gasteiger partial charge on any atom is -0.478 e. The van der Waals surface area contributed by atoms with E-state index in [2.05, 4.69) is 0 Å². The van der Waals surface area contributed by atoms with Crippen LogP contribution < -0.4 is 11.9 Å². The van der Waals surface area contributed by atoms with E-state index in [4.69, 9.17) is 10.8 Å². The van der Waals surface area contributed by atoms with Gasteiger partial charge < -0.3 is 17.0 Å². The standard InChI is InChI=1S/C4H7NO2.H3N/c1-3(5)2-4(6)7;/h2H,5H2,1H3,(H,6,7);1H3/b3-2-;. The first-order chi connectivity index (χ1) is 3.13. The van der Waals surface area contributed by atoms with Gasteiger partial charge in [-0.15, -0.1) is 0 Å². The van der Waals surface area contributed by atoms with E-state index < -0.39 is 5.97 Å². The first-order valence-corrected chi connectivity index (χ1v) is 1.79. The molecule has 6 N–H and O–H groups in total. The van der Waals surface area contributed by atoms with Crippen LogP contribution in [0.5, 0.6) is 0 Å². The predicted octanol–water partition coefficient (Wildman–Crippen LogP) is 0.0955. The molecule has 0 aromatic carbocycles. The van der Waals surface area contributed by atoms with Crippen molar-refractivity contribution in [3.05, 3.63) is 11.8 Å². The lowest BCUT2D eigenvalue weighted by atomic mass is 10.5. The van der Waals surface area contributed by atoms with Crippen molar-refractivity contribution in [1.29, 1.82) is 0 Å². The molecule has 0 fully saturated rings. The third-order valence-electron chi connectivity index (χ3n) is 0.351. The number of carboxylic acid groups (broad SMARTS) is 1. The number of rotatable bonds is 1. The van der Waals surface area contributed by atoms with Gasteiger partial charge in [-0.3, -0.25) is 0 Å². The zero-order valence-corrected chi connectivity index (χ0v) is 4.72. The second-order valence-corrected chi connectivity index (χ2v) is 1.23. The maximum atomic E-state index is 9.65. The summed E-state index contributed by atoms with van der Waals surface area (Å²) in [6.07, 6.45) is 0.944.